The molecule has 0 radical (unpaired) electrons. The molecule has 0 fully saturated rings. The predicted octanol–water partition coefficient (Wildman–Crippen LogP) is 1.40. The van der Waals surface area contributed by atoms with E-state index < -0.39 is 12.4 Å². The van der Waals surface area contributed by atoms with Crippen molar-refractivity contribution in [2.75, 3.05) is 6.67 Å². The average Bonchev–Trinajstić information content (AvgIpc) is 2.76. The van der Waals surface area contributed by atoms with E-state index in [1.807, 2.05) is 0 Å². The molecule has 20 heavy (non-hydrogen) atoms. The largest absolute Gasteiger partial charge is 0.391 e. The Morgan fingerprint density at radius 2 is 2.00 bits per heavy atom. The van der Waals surface area contributed by atoms with Gasteiger partial charge in [0.15, 0.2) is 0 Å². The molecule has 0 saturated heterocycles. The molecule has 110 valence electrons. The maximum Gasteiger partial charge on any atom is 0.332 e. The van der Waals surface area contributed by atoms with Gasteiger partial charge in [-0.2, -0.15) is 0 Å². The van der Waals surface area contributed by atoms with Gasteiger partial charge in [-0.1, -0.05) is 0 Å². The highest BCUT2D eigenvalue weighted by molar-refractivity contribution is 7.18. The first kappa shape index (κ1) is 14.9. The van der Waals surface area contributed by atoms with Crippen molar-refractivity contribution in [3.8, 4) is 0 Å². The maximum absolute atomic E-state index is 12.4. The molecular formula is C13H17FN2O3S. The highest BCUT2D eigenvalue weighted by atomic mass is 32.1. The SMILES string of the molecule is CCn1c(=O)c2c(C)c(CO)sc2n(CCCF)c1=O. The Morgan fingerprint density at radius 1 is 1.30 bits per heavy atom. The van der Waals surface area contributed by atoms with Crippen LogP contribution in [0.25, 0.3) is 10.2 Å². The number of rotatable bonds is 5. The number of alkyl halides is 1. The molecule has 0 spiro atoms. The Labute approximate surface area is 118 Å². The predicted molar refractivity (Wildman–Crippen MR) is 77.3 cm³/mol. The summed E-state index contributed by atoms with van der Waals surface area (Å²) in [7, 11) is 0. The number of nitrogens with zero attached hydrogens (tertiary/aromatic N) is 2. The monoisotopic (exact) mass is 300 g/mol. The number of hydrogen-bond donors (Lipinski definition) is 1. The summed E-state index contributed by atoms with van der Waals surface area (Å²) in [6.45, 7) is 3.30. The van der Waals surface area contributed by atoms with E-state index >= 15 is 0 Å². The maximum atomic E-state index is 12.4. The van der Waals surface area contributed by atoms with Crippen molar-refractivity contribution in [2.24, 2.45) is 0 Å². The van der Waals surface area contributed by atoms with Gasteiger partial charge in [0.2, 0.25) is 0 Å². The van der Waals surface area contributed by atoms with Crippen LogP contribution in [0.4, 0.5) is 4.39 Å². The standard InChI is InChI=1S/C13H17FN2O3S/c1-3-15-11(18)10-8(2)9(7-17)20-12(10)16(13(15)19)6-4-5-14/h17H,3-7H2,1-2H3. The van der Waals surface area contributed by atoms with E-state index in [1.165, 1.54) is 15.9 Å². The van der Waals surface area contributed by atoms with Gasteiger partial charge in [0.1, 0.15) is 4.83 Å². The number of thiophene rings is 1. The van der Waals surface area contributed by atoms with E-state index in [2.05, 4.69) is 0 Å². The lowest BCUT2D eigenvalue weighted by molar-refractivity contribution is 0.285. The molecule has 0 aliphatic rings. The molecule has 5 nitrogen and oxygen atoms in total. The van der Waals surface area contributed by atoms with Crippen LogP contribution >= 0.6 is 11.3 Å². The molecule has 0 aromatic carbocycles. The highest BCUT2D eigenvalue weighted by Crippen LogP contribution is 2.27. The van der Waals surface area contributed by atoms with Gasteiger partial charge in [-0.3, -0.25) is 18.3 Å². The Bertz CT molecular complexity index is 745. The molecule has 0 aliphatic carbocycles. The Hall–Kier alpha value is -1.47. The highest BCUT2D eigenvalue weighted by Gasteiger charge is 2.18. The lowest BCUT2D eigenvalue weighted by atomic mass is 10.2. The number of aryl methyl sites for hydroxylation is 2. The normalized spacial score (nSPS) is 11.4. The topological polar surface area (TPSA) is 64.2 Å². The second-order valence-corrected chi connectivity index (χ2v) is 5.60. The molecule has 1 N–H and O–H groups in total. The van der Waals surface area contributed by atoms with Crippen molar-refractivity contribution in [3.63, 3.8) is 0 Å². The van der Waals surface area contributed by atoms with Crippen LogP contribution in [0.15, 0.2) is 9.59 Å². The van der Waals surface area contributed by atoms with Crippen molar-refractivity contribution < 1.29 is 9.50 Å². The quantitative estimate of drug-likeness (QED) is 0.908. The minimum atomic E-state index is -0.517. The fourth-order valence-electron chi connectivity index (χ4n) is 2.29. The molecule has 0 aliphatic heterocycles. The third-order valence-corrected chi connectivity index (χ3v) is 4.67. The van der Waals surface area contributed by atoms with Gasteiger partial charge >= 0.3 is 5.69 Å². The average molecular weight is 300 g/mol. The van der Waals surface area contributed by atoms with Crippen molar-refractivity contribution in [1.82, 2.24) is 9.13 Å². The first-order chi connectivity index (χ1) is 9.56. The summed E-state index contributed by atoms with van der Waals surface area (Å²) in [6, 6.07) is 0. The van der Waals surface area contributed by atoms with Crippen LogP contribution in [0, 0.1) is 6.92 Å². The van der Waals surface area contributed by atoms with Gasteiger partial charge in [-0.25, -0.2) is 4.79 Å². The zero-order chi connectivity index (χ0) is 14.9. The Kier molecular flexibility index (Phi) is 4.39. The first-order valence-corrected chi connectivity index (χ1v) is 7.30. The van der Waals surface area contributed by atoms with Gasteiger partial charge in [0, 0.05) is 18.0 Å². The minimum absolute atomic E-state index is 0.173. The smallest absolute Gasteiger partial charge is 0.332 e. The molecule has 7 heteroatoms. The molecule has 0 bridgehead atoms. The summed E-state index contributed by atoms with van der Waals surface area (Å²) in [5, 5.41) is 9.79. The number of aromatic nitrogens is 2. The van der Waals surface area contributed by atoms with Crippen molar-refractivity contribution in [2.45, 2.75) is 40.0 Å². The molecule has 0 amide bonds. The van der Waals surface area contributed by atoms with E-state index in [0.29, 0.717) is 20.7 Å². The van der Waals surface area contributed by atoms with Gasteiger partial charge in [0.25, 0.3) is 5.56 Å². The number of fused-ring (bicyclic) bond motifs is 1. The zero-order valence-electron chi connectivity index (χ0n) is 11.5. The minimum Gasteiger partial charge on any atom is -0.391 e. The van der Waals surface area contributed by atoms with Crippen LogP contribution in [0.2, 0.25) is 0 Å². The summed E-state index contributed by atoms with van der Waals surface area (Å²) in [6.07, 6.45) is 0.225. The molecule has 2 aromatic rings. The third kappa shape index (κ3) is 2.20. The number of aliphatic hydroxyl groups is 1. The van der Waals surface area contributed by atoms with Crippen molar-refractivity contribution in [3.05, 3.63) is 31.3 Å². The van der Waals surface area contributed by atoms with E-state index in [1.54, 1.807) is 13.8 Å². The third-order valence-electron chi connectivity index (χ3n) is 3.37. The molecule has 0 atom stereocenters. The van der Waals surface area contributed by atoms with Gasteiger partial charge in [-0.05, 0) is 25.8 Å². The van der Waals surface area contributed by atoms with Gasteiger partial charge in [-0.15, -0.1) is 11.3 Å². The molecule has 0 saturated carbocycles. The fraction of sp³-hybridized carbons (Fsp3) is 0.538. The van der Waals surface area contributed by atoms with Crippen LogP contribution < -0.4 is 11.2 Å². The second kappa shape index (κ2) is 5.88. The Morgan fingerprint density at radius 3 is 2.55 bits per heavy atom. The summed E-state index contributed by atoms with van der Waals surface area (Å²) in [5.41, 5.74) is -0.0460. The van der Waals surface area contributed by atoms with Gasteiger partial charge < -0.3 is 5.11 Å². The fourth-order valence-corrected chi connectivity index (χ4v) is 3.46. The summed E-state index contributed by atoms with van der Waals surface area (Å²) < 4.78 is 15.0. The van der Waals surface area contributed by atoms with Crippen molar-refractivity contribution >= 4 is 21.6 Å². The number of halogens is 1. The number of aliphatic hydroxyl groups excluding tert-OH is 1. The second-order valence-electron chi connectivity index (χ2n) is 4.51. The van der Waals surface area contributed by atoms with Gasteiger partial charge in [0.05, 0.1) is 18.7 Å². The lowest BCUT2D eigenvalue weighted by Gasteiger charge is -2.10. The Balaban J connectivity index is 2.88. The molecular weight excluding hydrogens is 283 g/mol. The van der Waals surface area contributed by atoms with Crippen LogP contribution in [0.1, 0.15) is 23.8 Å². The summed E-state index contributed by atoms with van der Waals surface area (Å²) in [5.74, 6) is 0. The first-order valence-electron chi connectivity index (χ1n) is 6.49. The molecule has 2 heterocycles. The summed E-state index contributed by atoms with van der Waals surface area (Å²) in [4.78, 5) is 25.8. The van der Waals surface area contributed by atoms with Crippen LogP contribution in [0.3, 0.4) is 0 Å². The molecule has 0 unspecified atom stereocenters. The number of hydrogen-bond acceptors (Lipinski definition) is 4. The zero-order valence-corrected chi connectivity index (χ0v) is 12.3. The molecule has 2 rings (SSSR count). The lowest BCUT2D eigenvalue weighted by Crippen LogP contribution is -2.39. The van der Waals surface area contributed by atoms with E-state index in [4.69, 9.17) is 0 Å². The van der Waals surface area contributed by atoms with E-state index in [-0.39, 0.29) is 31.7 Å². The van der Waals surface area contributed by atoms with E-state index in [0.717, 1.165) is 4.57 Å². The van der Waals surface area contributed by atoms with Crippen LogP contribution in [0.5, 0.6) is 0 Å². The summed E-state index contributed by atoms with van der Waals surface area (Å²) >= 11 is 1.23. The molecule has 2 aromatic heterocycles. The van der Waals surface area contributed by atoms with Crippen molar-refractivity contribution in [1.29, 1.82) is 0 Å². The van der Waals surface area contributed by atoms with Crippen LogP contribution in [-0.2, 0) is 19.7 Å². The van der Waals surface area contributed by atoms with Crippen LogP contribution in [-0.4, -0.2) is 20.9 Å². The van der Waals surface area contributed by atoms with E-state index in [9.17, 15) is 19.1 Å².